The molecule has 1 fully saturated rings. The van der Waals surface area contributed by atoms with Gasteiger partial charge in [-0.1, -0.05) is 18.5 Å². The van der Waals surface area contributed by atoms with E-state index in [2.05, 4.69) is 41.2 Å². The van der Waals surface area contributed by atoms with Gasteiger partial charge in [-0.15, -0.1) is 0 Å². The van der Waals surface area contributed by atoms with Crippen molar-refractivity contribution in [3.8, 4) is 0 Å². The Labute approximate surface area is 133 Å². The summed E-state index contributed by atoms with van der Waals surface area (Å²) in [5.74, 6) is 0. The molecule has 2 rings (SSSR count). The van der Waals surface area contributed by atoms with E-state index in [1.165, 1.54) is 5.56 Å². The van der Waals surface area contributed by atoms with Crippen LogP contribution in [-0.2, 0) is 13.5 Å². The first-order valence-corrected chi connectivity index (χ1v) is 8.12. The molecule has 1 aliphatic heterocycles. The second kappa shape index (κ2) is 7.09. The molecule has 2 heterocycles. The molecular formula is C15H28ClN5. The molecule has 120 valence electrons. The Balaban J connectivity index is 2.18. The maximum absolute atomic E-state index is 6.41. The van der Waals surface area contributed by atoms with Crippen LogP contribution >= 0.6 is 11.6 Å². The molecule has 2 atom stereocenters. The highest BCUT2D eigenvalue weighted by Gasteiger charge is 2.30. The number of likely N-dealkylation sites (N-methyl/N-ethyl adjacent to an activating group) is 3. The van der Waals surface area contributed by atoms with Gasteiger partial charge in [0.15, 0.2) is 0 Å². The summed E-state index contributed by atoms with van der Waals surface area (Å²) in [5.41, 5.74) is 2.21. The van der Waals surface area contributed by atoms with Gasteiger partial charge in [-0.3, -0.25) is 9.58 Å². The van der Waals surface area contributed by atoms with Crippen LogP contribution in [0.1, 0.15) is 18.2 Å². The Morgan fingerprint density at radius 2 is 2.05 bits per heavy atom. The summed E-state index contributed by atoms with van der Waals surface area (Å²) in [6.45, 7) is 8.51. The Morgan fingerprint density at radius 3 is 2.62 bits per heavy atom. The Kier molecular flexibility index (Phi) is 5.66. The predicted molar refractivity (Wildman–Crippen MR) is 88.0 cm³/mol. The molecule has 21 heavy (non-hydrogen) atoms. The number of hydrogen-bond acceptors (Lipinski definition) is 4. The number of nitrogens with one attached hydrogen (secondary N) is 1. The summed E-state index contributed by atoms with van der Waals surface area (Å²) in [6.07, 6.45) is 0.926. The highest BCUT2D eigenvalue weighted by atomic mass is 35.5. The molecule has 0 aromatic carbocycles. The number of aryl methyl sites for hydroxylation is 2. The Morgan fingerprint density at radius 1 is 1.33 bits per heavy atom. The molecule has 0 radical (unpaired) electrons. The quantitative estimate of drug-likeness (QED) is 0.885. The van der Waals surface area contributed by atoms with Gasteiger partial charge in [0.25, 0.3) is 0 Å². The van der Waals surface area contributed by atoms with E-state index in [-0.39, 0.29) is 0 Å². The molecule has 0 spiro atoms. The normalized spacial score (nSPS) is 22.7. The van der Waals surface area contributed by atoms with Crippen molar-refractivity contribution in [1.29, 1.82) is 0 Å². The molecule has 1 aromatic rings. The van der Waals surface area contributed by atoms with Crippen molar-refractivity contribution >= 4 is 11.6 Å². The molecular weight excluding hydrogens is 286 g/mol. The first-order valence-electron chi connectivity index (χ1n) is 7.74. The lowest BCUT2D eigenvalue weighted by Crippen LogP contribution is -2.59. The van der Waals surface area contributed by atoms with Crippen molar-refractivity contribution in [3.63, 3.8) is 0 Å². The zero-order chi connectivity index (χ0) is 15.6. The second-order valence-corrected chi connectivity index (χ2v) is 6.51. The second-order valence-electron chi connectivity index (χ2n) is 6.16. The van der Waals surface area contributed by atoms with Gasteiger partial charge in [0.1, 0.15) is 5.15 Å². The van der Waals surface area contributed by atoms with Gasteiger partial charge in [0.05, 0.1) is 5.69 Å². The van der Waals surface area contributed by atoms with Crippen LogP contribution in [0.25, 0.3) is 0 Å². The van der Waals surface area contributed by atoms with Crippen LogP contribution in [-0.4, -0.2) is 71.9 Å². The van der Waals surface area contributed by atoms with Gasteiger partial charge in [0, 0.05) is 44.3 Å². The minimum absolute atomic E-state index is 0.392. The number of piperazine rings is 1. The average Bonchev–Trinajstić information content (AvgIpc) is 2.67. The highest BCUT2D eigenvalue weighted by molar-refractivity contribution is 6.30. The van der Waals surface area contributed by atoms with E-state index in [9.17, 15) is 0 Å². The topological polar surface area (TPSA) is 36.3 Å². The van der Waals surface area contributed by atoms with Crippen molar-refractivity contribution in [2.45, 2.75) is 32.4 Å². The maximum Gasteiger partial charge on any atom is 0.130 e. The van der Waals surface area contributed by atoms with Crippen molar-refractivity contribution < 1.29 is 0 Å². The van der Waals surface area contributed by atoms with Crippen LogP contribution in [0, 0.1) is 6.92 Å². The van der Waals surface area contributed by atoms with E-state index in [1.807, 2.05) is 14.0 Å². The van der Waals surface area contributed by atoms with E-state index in [0.29, 0.717) is 12.1 Å². The maximum atomic E-state index is 6.41. The third-order valence-corrected chi connectivity index (χ3v) is 5.00. The molecule has 5 nitrogen and oxygen atoms in total. The fraction of sp³-hybridized carbons (Fsp3) is 0.800. The van der Waals surface area contributed by atoms with Crippen LogP contribution < -0.4 is 5.32 Å². The SMILES string of the molecule is CCNC(Cc1c(C)nn(C)c1Cl)C1CN(C)CCN1C. The van der Waals surface area contributed by atoms with E-state index in [1.54, 1.807) is 4.68 Å². The van der Waals surface area contributed by atoms with E-state index < -0.39 is 0 Å². The molecule has 0 saturated carbocycles. The van der Waals surface area contributed by atoms with Crippen LogP contribution in [0.2, 0.25) is 5.15 Å². The van der Waals surface area contributed by atoms with Crippen LogP contribution in [0.4, 0.5) is 0 Å². The number of rotatable bonds is 5. The van der Waals surface area contributed by atoms with Crippen LogP contribution in [0.5, 0.6) is 0 Å². The molecule has 0 amide bonds. The number of nitrogens with zero attached hydrogens (tertiary/aromatic N) is 4. The van der Waals surface area contributed by atoms with Crippen LogP contribution in [0.3, 0.4) is 0 Å². The molecule has 1 N–H and O–H groups in total. The van der Waals surface area contributed by atoms with Crippen molar-refractivity contribution in [2.75, 3.05) is 40.3 Å². The highest BCUT2D eigenvalue weighted by Crippen LogP contribution is 2.23. The van der Waals surface area contributed by atoms with Gasteiger partial charge in [-0.05, 0) is 34.0 Å². The molecule has 0 bridgehead atoms. The fourth-order valence-corrected chi connectivity index (χ4v) is 3.46. The summed E-state index contributed by atoms with van der Waals surface area (Å²) in [4.78, 5) is 4.87. The minimum atomic E-state index is 0.392. The largest absolute Gasteiger partial charge is 0.312 e. The van der Waals surface area contributed by atoms with Crippen molar-refractivity contribution in [2.24, 2.45) is 7.05 Å². The van der Waals surface area contributed by atoms with Crippen LogP contribution in [0.15, 0.2) is 0 Å². The molecule has 1 aromatic heterocycles. The van der Waals surface area contributed by atoms with Crippen molar-refractivity contribution in [3.05, 3.63) is 16.4 Å². The van der Waals surface area contributed by atoms with Gasteiger partial charge in [-0.2, -0.15) is 5.10 Å². The van der Waals surface area contributed by atoms with E-state index in [4.69, 9.17) is 11.6 Å². The summed E-state index contributed by atoms with van der Waals surface area (Å²) in [5, 5.41) is 8.85. The molecule has 6 heteroatoms. The third kappa shape index (κ3) is 3.77. The minimum Gasteiger partial charge on any atom is -0.312 e. The first-order chi connectivity index (χ1) is 9.93. The summed E-state index contributed by atoms with van der Waals surface area (Å²) >= 11 is 6.41. The zero-order valence-electron chi connectivity index (χ0n) is 13.9. The lowest BCUT2D eigenvalue weighted by molar-refractivity contribution is 0.0880. The van der Waals surface area contributed by atoms with Gasteiger partial charge in [-0.25, -0.2) is 0 Å². The van der Waals surface area contributed by atoms with Crippen molar-refractivity contribution in [1.82, 2.24) is 24.9 Å². The van der Waals surface area contributed by atoms with E-state index >= 15 is 0 Å². The summed E-state index contributed by atoms with van der Waals surface area (Å²) in [7, 11) is 6.33. The smallest absolute Gasteiger partial charge is 0.130 e. The Bertz CT molecular complexity index is 473. The first kappa shape index (κ1) is 16.7. The summed E-state index contributed by atoms with van der Waals surface area (Å²) < 4.78 is 1.77. The standard InChI is InChI=1S/C15H28ClN5/c1-6-17-13(14-10-19(3)7-8-20(14)4)9-12-11(2)18-21(5)15(12)16/h13-14,17H,6-10H2,1-5H3. The number of hydrogen-bond donors (Lipinski definition) is 1. The summed E-state index contributed by atoms with van der Waals surface area (Å²) in [6, 6.07) is 0.891. The zero-order valence-corrected chi connectivity index (χ0v) is 14.6. The van der Waals surface area contributed by atoms with Gasteiger partial charge in [0.2, 0.25) is 0 Å². The Hall–Kier alpha value is -0.620. The fourth-order valence-electron chi connectivity index (χ4n) is 3.21. The third-order valence-electron chi connectivity index (χ3n) is 4.52. The molecule has 1 aliphatic rings. The number of aromatic nitrogens is 2. The van der Waals surface area contributed by atoms with Gasteiger partial charge >= 0.3 is 0 Å². The number of halogens is 1. The monoisotopic (exact) mass is 313 g/mol. The molecule has 0 aliphatic carbocycles. The van der Waals surface area contributed by atoms with Gasteiger partial charge < -0.3 is 10.2 Å². The lowest BCUT2D eigenvalue weighted by atomic mass is 9.97. The average molecular weight is 314 g/mol. The molecule has 2 unspecified atom stereocenters. The predicted octanol–water partition coefficient (Wildman–Crippen LogP) is 1.15. The molecule has 1 saturated heterocycles. The lowest BCUT2D eigenvalue weighted by Gasteiger charge is -2.42. The van der Waals surface area contributed by atoms with E-state index in [0.717, 1.165) is 43.4 Å².